The molecule has 20 heavy (non-hydrogen) atoms. The molecule has 0 aromatic heterocycles. The molecular weight excluding hydrogens is 254 g/mol. The number of ether oxygens (including phenoxy) is 2. The molecule has 0 aliphatic heterocycles. The summed E-state index contributed by atoms with van der Waals surface area (Å²) in [5.41, 5.74) is 1.80. The van der Waals surface area contributed by atoms with E-state index >= 15 is 0 Å². The minimum absolute atomic E-state index is 0.0575. The minimum Gasteiger partial charge on any atom is -0.497 e. The van der Waals surface area contributed by atoms with E-state index in [0.29, 0.717) is 25.3 Å². The zero-order valence-electron chi connectivity index (χ0n) is 12.7. The van der Waals surface area contributed by atoms with E-state index in [9.17, 15) is 4.79 Å². The van der Waals surface area contributed by atoms with Crippen molar-refractivity contribution in [1.29, 1.82) is 0 Å². The Labute approximate surface area is 121 Å². The van der Waals surface area contributed by atoms with Gasteiger partial charge in [-0.25, -0.2) is 0 Å². The number of rotatable bonds is 7. The highest BCUT2D eigenvalue weighted by Gasteiger charge is 2.15. The van der Waals surface area contributed by atoms with Crippen LogP contribution >= 0.6 is 0 Å². The summed E-state index contributed by atoms with van der Waals surface area (Å²) in [6.07, 6.45) is 0.293. The van der Waals surface area contributed by atoms with Gasteiger partial charge in [0, 0.05) is 18.7 Å². The van der Waals surface area contributed by atoms with Crippen molar-refractivity contribution in [3.05, 3.63) is 35.9 Å². The van der Waals surface area contributed by atoms with Crippen molar-refractivity contribution in [2.45, 2.75) is 20.3 Å². The third kappa shape index (κ3) is 4.30. The molecule has 0 N–H and O–H groups in total. The lowest BCUT2D eigenvalue weighted by atomic mass is 10.1. The smallest absolute Gasteiger partial charge is 0.227 e. The van der Waals surface area contributed by atoms with E-state index in [-0.39, 0.29) is 5.91 Å². The van der Waals surface area contributed by atoms with Crippen LogP contribution in [0.4, 0.5) is 0 Å². The Morgan fingerprint density at radius 3 is 2.50 bits per heavy atom. The predicted molar refractivity (Wildman–Crippen MR) is 80.3 cm³/mol. The molecule has 1 amide bonds. The van der Waals surface area contributed by atoms with Gasteiger partial charge in [-0.1, -0.05) is 12.2 Å². The van der Waals surface area contributed by atoms with Gasteiger partial charge in [-0.3, -0.25) is 4.79 Å². The van der Waals surface area contributed by atoms with Gasteiger partial charge in [0.25, 0.3) is 0 Å². The quantitative estimate of drug-likeness (QED) is 0.719. The summed E-state index contributed by atoms with van der Waals surface area (Å²) in [7, 11) is 3.20. The van der Waals surface area contributed by atoms with Gasteiger partial charge in [0.05, 0.1) is 20.6 Å². The largest absolute Gasteiger partial charge is 0.497 e. The number of hydrogen-bond acceptors (Lipinski definition) is 3. The van der Waals surface area contributed by atoms with Crippen molar-refractivity contribution in [1.82, 2.24) is 4.90 Å². The summed E-state index contributed by atoms with van der Waals surface area (Å²) in [6.45, 7) is 8.99. The molecule has 0 aliphatic carbocycles. The molecule has 0 aliphatic rings. The van der Waals surface area contributed by atoms with Crippen molar-refractivity contribution in [3.63, 3.8) is 0 Å². The number of hydrogen-bond donors (Lipinski definition) is 0. The van der Waals surface area contributed by atoms with Crippen molar-refractivity contribution in [2.24, 2.45) is 0 Å². The Morgan fingerprint density at radius 2 is 2.00 bits per heavy atom. The third-order valence-electron chi connectivity index (χ3n) is 3.02. The van der Waals surface area contributed by atoms with Gasteiger partial charge >= 0.3 is 0 Å². The molecule has 1 aromatic carbocycles. The van der Waals surface area contributed by atoms with Gasteiger partial charge in [-0.05, 0) is 32.0 Å². The first-order valence-corrected chi connectivity index (χ1v) is 6.64. The summed E-state index contributed by atoms with van der Waals surface area (Å²) in [4.78, 5) is 14.1. The van der Waals surface area contributed by atoms with Crippen LogP contribution in [0.1, 0.15) is 19.4 Å². The first-order chi connectivity index (χ1) is 9.51. The molecule has 0 radical (unpaired) electrons. The molecule has 4 nitrogen and oxygen atoms in total. The number of nitrogens with zero attached hydrogens (tertiary/aromatic N) is 1. The maximum absolute atomic E-state index is 12.3. The molecule has 0 heterocycles. The summed E-state index contributed by atoms with van der Waals surface area (Å²) in [5.74, 6) is 1.48. The molecule has 0 spiro atoms. The van der Waals surface area contributed by atoms with Crippen molar-refractivity contribution in [2.75, 3.05) is 27.3 Å². The average Bonchev–Trinajstić information content (AvgIpc) is 2.44. The summed E-state index contributed by atoms with van der Waals surface area (Å²) in [5, 5.41) is 0. The van der Waals surface area contributed by atoms with Crippen LogP contribution in [0, 0.1) is 0 Å². The number of amides is 1. The second-order valence-corrected chi connectivity index (χ2v) is 4.72. The monoisotopic (exact) mass is 277 g/mol. The number of benzene rings is 1. The van der Waals surface area contributed by atoms with Gasteiger partial charge in [-0.15, -0.1) is 0 Å². The predicted octanol–water partition coefficient (Wildman–Crippen LogP) is 2.67. The lowest BCUT2D eigenvalue weighted by Crippen LogP contribution is -2.33. The molecule has 110 valence electrons. The van der Waals surface area contributed by atoms with E-state index < -0.39 is 0 Å². The maximum atomic E-state index is 12.3. The third-order valence-corrected chi connectivity index (χ3v) is 3.02. The fraction of sp³-hybridized carbons (Fsp3) is 0.438. The van der Waals surface area contributed by atoms with E-state index in [1.54, 1.807) is 19.1 Å². The lowest BCUT2D eigenvalue weighted by molar-refractivity contribution is -0.129. The average molecular weight is 277 g/mol. The second-order valence-electron chi connectivity index (χ2n) is 4.72. The van der Waals surface area contributed by atoms with Crippen LogP contribution in [0.3, 0.4) is 0 Å². The molecule has 0 atom stereocenters. The fourth-order valence-electron chi connectivity index (χ4n) is 2.00. The Hall–Kier alpha value is -1.97. The van der Waals surface area contributed by atoms with E-state index in [1.165, 1.54) is 0 Å². The van der Waals surface area contributed by atoms with Gasteiger partial charge < -0.3 is 14.4 Å². The van der Waals surface area contributed by atoms with Crippen LogP contribution in [0.5, 0.6) is 11.5 Å². The standard InChI is InChI=1S/C16H23NO3/c1-6-17(11-12(2)3)16(18)10-13-9-14(19-4)7-8-15(13)20-5/h7-9H,2,6,10-11H2,1,3-5H3. The highest BCUT2D eigenvalue weighted by Crippen LogP contribution is 2.24. The highest BCUT2D eigenvalue weighted by molar-refractivity contribution is 5.80. The van der Waals surface area contributed by atoms with E-state index in [4.69, 9.17) is 9.47 Å². The zero-order valence-corrected chi connectivity index (χ0v) is 12.7. The molecule has 4 heteroatoms. The van der Waals surface area contributed by atoms with Gasteiger partial charge in [0.2, 0.25) is 5.91 Å². The summed E-state index contributed by atoms with van der Waals surface area (Å²) < 4.78 is 10.5. The first kappa shape index (κ1) is 16.1. The van der Waals surface area contributed by atoms with Crippen LogP contribution in [0.2, 0.25) is 0 Å². The highest BCUT2D eigenvalue weighted by atomic mass is 16.5. The van der Waals surface area contributed by atoms with Crippen LogP contribution in [-0.2, 0) is 11.2 Å². The molecule has 0 saturated carbocycles. The summed E-state index contributed by atoms with van der Waals surface area (Å²) in [6, 6.07) is 5.47. The maximum Gasteiger partial charge on any atom is 0.227 e. The van der Waals surface area contributed by atoms with Gasteiger partial charge in [0.15, 0.2) is 0 Å². The second kappa shape index (κ2) is 7.58. The molecule has 1 aromatic rings. The van der Waals surface area contributed by atoms with E-state index in [2.05, 4.69) is 6.58 Å². The SMILES string of the molecule is C=C(C)CN(CC)C(=O)Cc1cc(OC)ccc1OC. The topological polar surface area (TPSA) is 38.8 Å². The van der Waals surface area contributed by atoms with Crippen molar-refractivity contribution >= 4 is 5.91 Å². The number of carbonyl (C=O) groups is 1. The van der Waals surface area contributed by atoms with E-state index in [1.807, 2.05) is 32.0 Å². The normalized spacial score (nSPS) is 10.0. The Balaban J connectivity index is 2.90. The molecule has 0 saturated heterocycles. The molecule has 0 fully saturated rings. The number of carbonyl (C=O) groups excluding carboxylic acids is 1. The van der Waals surface area contributed by atoms with E-state index in [0.717, 1.165) is 16.9 Å². The molecular formula is C16H23NO3. The number of methoxy groups -OCH3 is 2. The molecule has 0 bridgehead atoms. The Bertz CT molecular complexity index is 483. The fourth-order valence-corrected chi connectivity index (χ4v) is 2.00. The zero-order chi connectivity index (χ0) is 15.1. The molecule has 1 rings (SSSR count). The number of likely N-dealkylation sites (N-methyl/N-ethyl adjacent to an activating group) is 1. The van der Waals surface area contributed by atoms with Gasteiger partial charge in [-0.2, -0.15) is 0 Å². The molecule has 0 unspecified atom stereocenters. The first-order valence-electron chi connectivity index (χ1n) is 6.64. The Kier molecular flexibility index (Phi) is 6.10. The van der Waals surface area contributed by atoms with Crippen LogP contribution < -0.4 is 9.47 Å². The van der Waals surface area contributed by atoms with Crippen LogP contribution in [-0.4, -0.2) is 38.1 Å². The van der Waals surface area contributed by atoms with Gasteiger partial charge in [0.1, 0.15) is 11.5 Å². The van der Waals surface area contributed by atoms with Crippen LogP contribution in [0.15, 0.2) is 30.4 Å². The minimum atomic E-state index is 0.0575. The van der Waals surface area contributed by atoms with Crippen molar-refractivity contribution < 1.29 is 14.3 Å². The van der Waals surface area contributed by atoms with Crippen LogP contribution in [0.25, 0.3) is 0 Å². The Morgan fingerprint density at radius 1 is 1.30 bits per heavy atom. The van der Waals surface area contributed by atoms with Crippen molar-refractivity contribution in [3.8, 4) is 11.5 Å². The summed E-state index contributed by atoms with van der Waals surface area (Å²) >= 11 is 0. The lowest BCUT2D eigenvalue weighted by Gasteiger charge is -2.21.